The normalized spacial score (nSPS) is 15.4. The number of nitrogens with zero attached hydrogens (tertiary/aromatic N) is 1. The zero-order valence-corrected chi connectivity index (χ0v) is 14.3. The van der Waals surface area contributed by atoms with Crippen LogP contribution in [-0.4, -0.2) is 16.8 Å². The Morgan fingerprint density at radius 2 is 1.92 bits per heavy atom. The first-order chi connectivity index (χ1) is 11.7. The van der Waals surface area contributed by atoms with Crippen LogP contribution < -0.4 is 15.9 Å². The summed E-state index contributed by atoms with van der Waals surface area (Å²) in [6, 6.07) is 4.49. The van der Waals surface area contributed by atoms with Gasteiger partial charge in [0.05, 0.1) is 24.2 Å². The standard InChI is InChI=1S/C19H17NO5/c1-9-8-19(2,3)20-16-11(9)5-10(24-4)6-12(16)17-15(18(20)23)13(21)7-14(22)25-17/h5-8,21H,1-4H3. The van der Waals surface area contributed by atoms with E-state index in [1.807, 2.05) is 32.9 Å². The maximum Gasteiger partial charge on any atom is 0.339 e. The average Bonchev–Trinajstić information content (AvgIpc) is 2.51. The summed E-state index contributed by atoms with van der Waals surface area (Å²) in [5.74, 6) is 0.195. The van der Waals surface area contributed by atoms with E-state index in [0.29, 0.717) is 16.7 Å². The smallest absolute Gasteiger partial charge is 0.339 e. The fraction of sp³-hybridized carbons (Fsp3) is 0.263. The Kier molecular flexibility index (Phi) is 2.95. The second-order valence-corrected chi connectivity index (χ2v) is 6.85. The molecule has 1 aliphatic heterocycles. The highest BCUT2D eigenvalue weighted by atomic mass is 16.5. The SMILES string of the molecule is COc1cc2c3c(c1)c1oc(=O)cc(O)c1c(=O)n3C(C)(C)C=C2C. The van der Waals surface area contributed by atoms with Crippen molar-refractivity contribution < 1.29 is 14.3 Å². The zero-order valence-electron chi connectivity index (χ0n) is 14.3. The molecule has 0 bridgehead atoms. The fourth-order valence-corrected chi connectivity index (χ4v) is 3.75. The van der Waals surface area contributed by atoms with Crippen LogP contribution in [0, 0.1) is 0 Å². The number of pyridine rings is 1. The van der Waals surface area contributed by atoms with Gasteiger partial charge in [0.25, 0.3) is 5.56 Å². The van der Waals surface area contributed by atoms with Crippen molar-refractivity contribution in [1.29, 1.82) is 0 Å². The number of methoxy groups -OCH3 is 1. The highest BCUT2D eigenvalue weighted by Crippen LogP contribution is 2.40. The topological polar surface area (TPSA) is 81.7 Å². The Morgan fingerprint density at radius 1 is 1.20 bits per heavy atom. The molecule has 1 aromatic carbocycles. The zero-order chi connectivity index (χ0) is 18.1. The van der Waals surface area contributed by atoms with E-state index in [1.54, 1.807) is 17.7 Å². The number of ether oxygens (including phenoxy) is 1. The molecule has 25 heavy (non-hydrogen) atoms. The molecule has 6 nitrogen and oxygen atoms in total. The number of aromatic nitrogens is 1. The minimum atomic E-state index is -0.712. The first-order valence-electron chi connectivity index (χ1n) is 7.88. The fourth-order valence-electron chi connectivity index (χ4n) is 3.75. The molecule has 2 aromatic heterocycles. The van der Waals surface area contributed by atoms with E-state index in [9.17, 15) is 14.7 Å². The maximum absolute atomic E-state index is 13.1. The van der Waals surface area contributed by atoms with Crippen LogP contribution >= 0.6 is 0 Å². The number of fused-ring (bicyclic) bond motifs is 2. The van der Waals surface area contributed by atoms with Crippen LogP contribution in [0.25, 0.3) is 27.4 Å². The van der Waals surface area contributed by atoms with E-state index in [4.69, 9.17) is 9.15 Å². The first kappa shape index (κ1) is 15.5. The molecule has 3 aromatic rings. The summed E-state index contributed by atoms with van der Waals surface area (Å²) in [6.45, 7) is 5.81. The lowest BCUT2D eigenvalue weighted by Gasteiger charge is -2.32. The molecular weight excluding hydrogens is 322 g/mol. The van der Waals surface area contributed by atoms with Crippen LogP contribution in [0.5, 0.6) is 11.5 Å². The van der Waals surface area contributed by atoms with Gasteiger partial charge in [0, 0.05) is 10.9 Å². The second-order valence-electron chi connectivity index (χ2n) is 6.85. The summed E-state index contributed by atoms with van der Waals surface area (Å²) in [4.78, 5) is 24.9. The number of hydrogen-bond acceptors (Lipinski definition) is 5. The van der Waals surface area contributed by atoms with Crippen molar-refractivity contribution in [2.24, 2.45) is 0 Å². The van der Waals surface area contributed by atoms with Crippen LogP contribution in [0.3, 0.4) is 0 Å². The van der Waals surface area contributed by atoms with Gasteiger partial charge < -0.3 is 14.3 Å². The van der Waals surface area contributed by atoms with Gasteiger partial charge >= 0.3 is 5.63 Å². The van der Waals surface area contributed by atoms with Gasteiger partial charge in [-0.2, -0.15) is 0 Å². The molecule has 0 spiro atoms. The Hall–Kier alpha value is -3.02. The summed E-state index contributed by atoms with van der Waals surface area (Å²) < 4.78 is 12.3. The molecule has 128 valence electrons. The lowest BCUT2D eigenvalue weighted by Crippen LogP contribution is -2.37. The van der Waals surface area contributed by atoms with E-state index in [2.05, 4.69) is 0 Å². The van der Waals surface area contributed by atoms with Crippen molar-refractivity contribution in [2.45, 2.75) is 26.3 Å². The second kappa shape index (κ2) is 4.75. The molecule has 3 heterocycles. The van der Waals surface area contributed by atoms with Crippen LogP contribution in [0.4, 0.5) is 0 Å². The molecule has 0 unspecified atom stereocenters. The lowest BCUT2D eigenvalue weighted by molar-refractivity contribution is 0.414. The van der Waals surface area contributed by atoms with Crippen molar-refractivity contribution in [2.75, 3.05) is 7.11 Å². The van der Waals surface area contributed by atoms with Gasteiger partial charge in [0.15, 0.2) is 5.58 Å². The molecule has 0 saturated carbocycles. The van der Waals surface area contributed by atoms with E-state index in [-0.39, 0.29) is 16.7 Å². The molecule has 6 heteroatoms. The third-order valence-corrected chi connectivity index (χ3v) is 4.72. The van der Waals surface area contributed by atoms with E-state index in [0.717, 1.165) is 17.2 Å². The predicted molar refractivity (Wildman–Crippen MR) is 95.4 cm³/mol. The van der Waals surface area contributed by atoms with Crippen molar-refractivity contribution in [3.8, 4) is 11.5 Å². The third-order valence-electron chi connectivity index (χ3n) is 4.72. The van der Waals surface area contributed by atoms with Crippen LogP contribution in [-0.2, 0) is 5.54 Å². The Morgan fingerprint density at radius 3 is 2.60 bits per heavy atom. The number of hydrogen-bond donors (Lipinski definition) is 1. The average molecular weight is 339 g/mol. The Balaban J connectivity index is 2.43. The van der Waals surface area contributed by atoms with Crippen molar-refractivity contribution >= 4 is 27.4 Å². The van der Waals surface area contributed by atoms with Crippen LogP contribution in [0.1, 0.15) is 26.3 Å². The molecule has 0 amide bonds. The minimum Gasteiger partial charge on any atom is -0.507 e. The molecular formula is C19H17NO5. The largest absolute Gasteiger partial charge is 0.507 e. The Labute approximate surface area is 142 Å². The summed E-state index contributed by atoms with van der Waals surface area (Å²) >= 11 is 0. The summed E-state index contributed by atoms with van der Waals surface area (Å²) in [6.07, 6.45) is 2.00. The van der Waals surface area contributed by atoms with Gasteiger partial charge in [0.2, 0.25) is 0 Å². The Bertz CT molecular complexity index is 1210. The van der Waals surface area contributed by atoms with Gasteiger partial charge in [-0.25, -0.2) is 4.79 Å². The maximum atomic E-state index is 13.1. The van der Waals surface area contributed by atoms with Crippen molar-refractivity contribution in [3.05, 3.63) is 50.6 Å². The number of benzene rings is 1. The molecule has 0 radical (unpaired) electrons. The third kappa shape index (κ3) is 1.97. The van der Waals surface area contributed by atoms with Gasteiger partial charge in [-0.3, -0.25) is 9.36 Å². The molecule has 1 aliphatic rings. The first-order valence-corrected chi connectivity index (χ1v) is 7.88. The molecule has 1 N–H and O–H groups in total. The highest BCUT2D eigenvalue weighted by molar-refractivity contribution is 6.08. The summed E-state index contributed by atoms with van der Waals surface area (Å²) in [5.41, 5.74) is 0.857. The van der Waals surface area contributed by atoms with Crippen LogP contribution in [0.15, 0.2) is 38.3 Å². The van der Waals surface area contributed by atoms with Gasteiger partial charge in [-0.15, -0.1) is 0 Å². The number of allylic oxidation sites excluding steroid dienone is 2. The van der Waals surface area contributed by atoms with Gasteiger partial charge in [-0.05, 0) is 38.5 Å². The highest BCUT2D eigenvalue weighted by Gasteiger charge is 2.31. The molecule has 0 fully saturated rings. The molecule has 0 aliphatic carbocycles. The quantitative estimate of drug-likeness (QED) is 0.689. The molecule has 0 saturated heterocycles. The van der Waals surface area contributed by atoms with Crippen molar-refractivity contribution in [3.63, 3.8) is 0 Å². The van der Waals surface area contributed by atoms with Crippen molar-refractivity contribution in [1.82, 2.24) is 4.57 Å². The van der Waals surface area contributed by atoms with E-state index in [1.165, 1.54) is 0 Å². The summed E-state index contributed by atoms with van der Waals surface area (Å²) in [7, 11) is 1.55. The predicted octanol–water partition coefficient (Wildman–Crippen LogP) is 2.97. The van der Waals surface area contributed by atoms with E-state index < -0.39 is 16.7 Å². The number of rotatable bonds is 1. The summed E-state index contributed by atoms with van der Waals surface area (Å²) in [5, 5.41) is 10.8. The van der Waals surface area contributed by atoms with Gasteiger partial charge in [-0.1, -0.05) is 6.08 Å². The number of aromatic hydroxyl groups is 1. The minimum absolute atomic E-state index is 0.00710. The lowest BCUT2D eigenvalue weighted by atomic mass is 9.89. The van der Waals surface area contributed by atoms with Crippen LogP contribution in [0.2, 0.25) is 0 Å². The molecule has 0 atom stereocenters. The molecule has 4 rings (SSSR count). The van der Waals surface area contributed by atoms with Gasteiger partial charge in [0.1, 0.15) is 16.9 Å². The monoisotopic (exact) mass is 339 g/mol. The van der Waals surface area contributed by atoms with E-state index >= 15 is 0 Å².